The SMILES string of the molecule is C=C(/C(C)=C\C(=C/C)C(C)(C)O)[S@@](N)(=O)=NC(=O)Nc1c(C(C)C)cc(OC(F)F)cc1C1CC1. The lowest BCUT2D eigenvalue weighted by Gasteiger charge is -2.20. The number of anilines is 1. The third-order valence-corrected chi connectivity index (χ3v) is 7.14. The number of aliphatic hydroxyl groups is 1. The average Bonchev–Trinajstić information content (AvgIpc) is 3.55. The number of urea groups is 1. The summed E-state index contributed by atoms with van der Waals surface area (Å²) < 4.78 is 47.0. The van der Waals surface area contributed by atoms with E-state index in [0.29, 0.717) is 28.0 Å². The van der Waals surface area contributed by atoms with Crippen LogP contribution in [-0.2, 0) is 9.92 Å². The van der Waals surface area contributed by atoms with E-state index in [2.05, 4.69) is 21.0 Å². The Bertz CT molecular complexity index is 1150. The highest BCUT2D eigenvalue weighted by Crippen LogP contribution is 2.47. The Balaban J connectivity index is 2.42. The molecule has 0 spiro atoms. The normalized spacial score (nSPS) is 16.8. The molecule has 0 aromatic heterocycles. The second-order valence-corrected chi connectivity index (χ2v) is 11.2. The van der Waals surface area contributed by atoms with Crippen LogP contribution < -0.4 is 15.2 Å². The molecule has 1 aliphatic rings. The zero-order valence-corrected chi connectivity index (χ0v) is 21.8. The lowest BCUT2D eigenvalue weighted by Crippen LogP contribution is -2.22. The Hall–Kier alpha value is -2.56. The van der Waals surface area contributed by atoms with Gasteiger partial charge >= 0.3 is 12.6 Å². The maximum atomic E-state index is 13.1. The summed E-state index contributed by atoms with van der Waals surface area (Å²) in [6.45, 7) is 11.1. The predicted molar refractivity (Wildman–Crippen MR) is 136 cm³/mol. The van der Waals surface area contributed by atoms with Gasteiger partial charge in [-0.15, -0.1) is 4.36 Å². The van der Waals surface area contributed by atoms with Gasteiger partial charge in [0.1, 0.15) is 15.7 Å². The van der Waals surface area contributed by atoms with E-state index < -0.39 is 28.2 Å². The molecule has 35 heavy (non-hydrogen) atoms. The van der Waals surface area contributed by atoms with Gasteiger partial charge in [-0.1, -0.05) is 32.6 Å². The summed E-state index contributed by atoms with van der Waals surface area (Å²) in [5.41, 5.74) is 1.50. The number of alkyl halides is 2. The molecule has 0 saturated heterocycles. The van der Waals surface area contributed by atoms with Gasteiger partial charge in [0, 0.05) is 5.69 Å². The number of nitrogens with zero attached hydrogens (tertiary/aromatic N) is 1. The minimum absolute atomic E-state index is 0.0175. The molecule has 1 aliphatic carbocycles. The Morgan fingerprint density at radius 1 is 1.37 bits per heavy atom. The van der Waals surface area contributed by atoms with Crippen LogP contribution in [0.2, 0.25) is 0 Å². The second kappa shape index (κ2) is 11.0. The number of halogens is 2. The number of rotatable bonds is 9. The van der Waals surface area contributed by atoms with Crippen molar-refractivity contribution in [1.82, 2.24) is 0 Å². The van der Waals surface area contributed by atoms with Crippen LogP contribution >= 0.6 is 0 Å². The van der Waals surface area contributed by atoms with E-state index in [4.69, 9.17) is 5.14 Å². The van der Waals surface area contributed by atoms with Crippen LogP contribution in [0.3, 0.4) is 0 Å². The van der Waals surface area contributed by atoms with E-state index in [1.807, 2.05) is 13.8 Å². The number of amides is 2. The van der Waals surface area contributed by atoms with E-state index >= 15 is 0 Å². The smallest absolute Gasteiger partial charge is 0.387 e. The van der Waals surface area contributed by atoms with Crippen molar-refractivity contribution >= 4 is 21.6 Å². The van der Waals surface area contributed by atoms with Crippen LogP contribution in [0.15, 0.2) is 51.3 Å². The molecule has 0 radical (unpaired) electrons. The summed E-state index contributed by atoms with van der Waals surface area (Å²) >= 11 is 0. The van der Waals surface area contributed by atoms with Crippen molar-refractivity contribution in [3.8, 4) is 5.75 Å². The van der Waals surface area contributed by atoms with Crippen molar-refractivity contribution in [3.05, 3.63) is 58.0 Å². The Morgan fingerprint density at radius 3 is 2.43 bits per heavy atom. The number of hydrogen-bond acceptors (Lipinski definition) is 4. The Kier molecular flexibility index (Phi) is 9.02. The molecule has 7 nitrogen and oxygen atoms in total. The molecule has 194 valence electrons. The number of nitrogens with two attached hydrogens (primary N) is 1. The standard InChI is InChI=1S/C25H35F2N3O4S/c1-8-18(25(6,7)32)11-15(4)16(5)35(28,33)30-24(31)29-22-20(14(2)3)12-19(34-23(26)27)13-21(22)17-9-10-17/h8,11-14,17,23,32H,5,9-10H2,1-4,6-7H3,(H3,28,29,30,31,33)/b15-11-,18-8+/t35-/m0/s1. The van der Waals surface area contributed by atoms with Gasteiger partial charge in [-0.25, -0.2) is 14.1 Å². The van der Waals surface area contributed by atoms with E-state index in [0.717, 1.165) is 12.8 Å². The number of carbonyl (C=O) groups excluding carboxylic acids is 1. The van der Waals surface area contributed by atoms with Gasteiger partial charge < -0.3 is 15.2 Å². The summed E-state index contributed by atoms with van der Waals surface area (Å²) in [4.78, 5) is 12.8. The van der Waals surface area contributed by atoms with Crippen molar-refractivity contribution < 1.29 is 27.6 Å². The fourth-order valence-electron chi connectivity index (χ4n) is 3.61. The number of nitrogens with one attached hydrogen (secondary N) is 1. The van der Waals surface area contributed by atoms with Crippen LogP contribution in [0.5, 0.6) is 5.75 Å². The Morgan fingerprint density at radius 2 is 1.97 bits per heavy atom. The molecule has 10 heteroatoms. The number of hydrogen-bond donors (Lipinski definition) is 3. The zero-order chi connectivity index (χ0) is 26.7. The number of carbonyl (C=O) groups is 1. The first kappa shape index (κ1) is 28.7. The van der Waals surface area contributed by atoms with E-state index in [9.17, 15) is 22.9 Å². The zero-order valence-electron chi connectivity index (χ0n) is 21.0. The molecule has 1 aromatic carbocycles. The fourth-order valence-corrected chi connectivity index (χ4v) is 4.53. The molecule has 1 aromatic rings. The molecule has 0 bridgehead atoms. The molecular formula is C25H35F2N3O4S. The van der Waals surface area contributed by atoms with Gasteiger partial charge in [0.05, 0.1) is 10.5 Å². The lowest BCUT2D eigenvalue weighted by molar-refractivity contribution is -0.0499. The topological polar surface area (TPSA) is 114 Å². The molecular weight excluding hydrogens is 476 g/mol. The summed E-state index contributed by atoms with van der Waals surface area (Å²) in [5.74, 6) is -0.0242. The van der Waals surface area contributed by atoms with Gasteiger partial charge in [-0.3, -0.25) is 0 Å². The maximum absolute atomic E-state index is 13.1. The molecule has 1 atom stereocenters. The van der Waals surface area contributed by atoms with Crippen molar-refractivity contribution in [1.29, 1.82) is 0 Å². The van der Waals surface area contributed by atoms with Crippen LogP contribution in [0.1, 0.15) is 77.3 Å². The highest BCUT2D eigenvalue weighted by atomic mass is 32.2. The van der Waals surface area contributed by atoms with Crippen LogP contribution in [-0.4, -0.2) is 27.6 Å². The highest BCUT2D eigenvalue weighted by molar-refractivity contribution is 7.95. The Labute approximate surface area is 206 Å². The molecule has 0 aliphatic heterocycles. The van der Waals surface area contributed by atoms with Crippen molar-refractivity contribution in [2.75, 3.05) is 5.32 Å². The minimum Gasteiger partial charge on any atom is -0.435 e. The molecule has 1 saturated carbocycles. The summed E-state index contributed by atoms with van der Waals surface area (Å²) in [7, 11) is -3.69. The molecule has 0 heterocycles. The molecule has 0 unspecified atom stereocenters. The average molecular weight is 512 g/mol. The first-order valence-electron chi connectivity index (χ1n) is 11.3. The minimum atomic E-state index is -3.69. The van der Waals surface area contributed by atoms with E-state index in [1.165, 1.54) is 12.1 Å². The largest absolute Gasteiger partial charge is 0.435 e. The maximum Gasteiger partial charge on any atom is 0.387 e. The van der Waals surface area contributed by atoms with Crippen molar-refractivity contribution in [2.24, 2.45) is 9.50 Å². The quantitative estimate of drug-likeness (QED) is 0.336. The first-order valence-corrected chi connectivity index (χ1v) is 12.9. The van der Waals surface area contributed by atoms with Crippen molar-refractivity contribution in [2.45, 2.75) is 78.4 Å². The molecule has 2 amide bonds. The van der Waals surface area contributed by atoms with E-state index in [1.54, 1.807) is 39.8 Å². The third-order valence-electron chi connectivity index (χ3n) is 5.67. The van der Waals surface area contributed by atoms with Gasteiger partial charge in [0.25, 0.3) is 0 Å². The molecule has 4 N–H and O–H groups in total. The summed E-state index contributed by atoms with van der Waals surface area (Å²) in [6, 6.07) is 2.01. The fraction of sp³-hybridized carbons (Fsp3) is 0.480. The first-order chi connectivity index (χ1) is 16.1. The number of ether oxygens (including phenoxy) is 1. The van der Waals surface area contributed by atoms with Crippen LogP contribution in [0.25, 0.3) is 0 Å². The van der Waals surface area contributed by atoms with Crippen molar-refractivity contribution in [3.63, 3.8) is 0 Å². The summed E-state index contributed by atoms with van der Waals surface area (Å²) in [5, 5.41) is 18.8. The monoisotopic (exact) mass is 511 g/mol. The number of benzene rings is 1. The van der Waals surface area contributed by atoms with Gasteiger partial charge in [0.2, 0.25) is 0 Å². The molecule has 1 fully saturated rings. The second-order valence-electron chi connectivity index (χ2n) is 9.43. The predicted octanol–water partition coefficient (Wildman–Crippen LogP) is 6.34. The highest BCUT2D eigenvalue weighted by Gasteiger charge is 2.30. The summed E-state index contributed by atoms with van der Waals surface area (Å²) in [6.07, 6.45) is 4.98. The van der Waals surface area contributed by atoms with E-state index in [-0.39, 0.29) is 22.5 Å². The van der Waals surface area contributed by atoms with Gasteiger partial charge in [-0.2, -0.15) is 8.78 Å². The van der Waals surface area contributed by atoms with Gasteiger partial charge in [0.15, 0.2) is 0 Å². The lowest BCUT2D eigenvalue weighted by atomic mass is 9.95. The number of allylic oxidation sites excluding steroid dienone is 2. The van der Waals surface area contributed by atoms with Crippen LogP contribution in [0.4, 0.5) is 19.3 Å². The molecule has 2 rings (SSSR count). The van der Waals surface area contributed by atoms with Crippen LogP contribution in [0, 0.1) is 0 Å². The third kappa shape index (κ3) is 7.71. The van der Waals surface area contributed by atoms with Gasteiger partial charge in [-0.05, 0) is 86.8 Å².